The minimum atomic E-state index is -1.36. The minimum absolute atomic E-state index is 1.27. The predicted molar refractivity (Wildman–Crippen MR) is 97.9 cm³/mol. The van der Waals surface area contributed by atoms with Gasteiger partial charge in [0, 0.05) is 16.8 Å². The van der Waals surface area contributed by atoms with Crippen LogP contribution >= 0.6 is 0 Å². The zero-order chi connectivity index (χ0) is 15.0. The van der Waals surface area contributed by atoms with Gasteiger partial charge in [0.15, 0.2) is 0 Å². The van der Waals surface area contributed by atoms with Crippen molar-refractivity contribution >= 4 is 38.6 Å². The molecule has 0 heterocycles. The van der Waals surface area contributed by atoms with Gasteiger partial charge in [0.2, 0.25) is 0 Å². The van der Waals surface area contributed by atoms with Crippen LogP contribution in [0.1, 0.15) is 0 Å². The fourth-order valence-corrected chi connectivity index (χ4v) is 4.39. The normalized spacial score (nSPS) is 12.5. The molecule has 108 valence electrons. The summed E-state index contributed by atoms with van der Waals surface area (Å²) in [6, 6.07) is 13.1. The second kappa shape index (κ2) is 5.26. The Kier molecular flexibility index (Phi) is 3.98. The Hall–Kier alpha value is -1.27. The summed E-state index contributed by atoms with van der Waals surface area (Å²) in [6.45, 7) is 14.0. The number of anilines is 2. The van der Waals surface area contributed by atoms with Crippen LogP contribution in [0.4, 0.5) is 11.4 Å². The Morgan fingerprint density at radius 2 is 1.05 bits per heavy atom. The summed E-state index contributed by atoms with van der Waals surface area (Å²) >= 11 is 0. The fourth-order valence-electron chi connectivity index (χ4n) is 2.36. The number of rotatable bonds is 4. The number of hydrogen-bond acceptors (Lipinski definition) is 2. The first kappa shape index (κ1) is 15.1. The quantitative estimate of drug-likeness (QED) is 0.746. The Morgan fingerprint density at radius 3 is 1.40 bits per heavy atom. The molecule has 0 amide bonds. The highest BCUT2D eigenvalue weighted by molar-refractivity contribution is 6.80. The van der Waals surface area contributed by atoms with E-state index in [2.05, 4.69) is 85.6 Å². The fraction of sp³-hybridized carbons (Fsp3) is 0.375. The third kappa shape index (κ3) is 3.87. The van der Waals surface area contributed by atoms with Crippen molar-refractivity contribution < 1.29 is 0 Å². The Bertz CT molecular complexity index is 559. The van der Waals surface area contributed by atoms with Crippen LogP contribution in [0.2, 0.25) is 39.3 Å². The lowest BCUT2D eigenvalue weighted by Gasteiger charge is -2.25. The Labute approximate surface area is 124 Å². The first-order valence-electron chi connectivity index (χ1n) is 7.24. The predicted octanol–water partition coefficient (Wildman–Crippen LogP) is 5.33. The topological polar surface area (TPSA) is 24.1 Å². The molecule has 0 aliphatic rings. The third-order valence-corrected chi connectivity index (χ3v) is 4.96. The molecule has 2 aromatic carbocycles. The van der Waals surface area contributed by atoms with Crippen molar-refractivity contribution in [3.05, 3.63) is 36.4 Å². The van der Waals surface area contributed by atoms with Crippen molar-refractivity contribution in [1.29, 1.82) is 0 Å². The van der Waals surface area contributed by atoms with Crippen LogP contribution in [0, 0.1) is 0 Å². The van der Waals surface area contributed by atoms with Gasteiger partial charge in [-0.15, -0.1) is 0 Å². The standard InChI is InChI=1S/C16H26N2Si2/c1-19(2,3)17-14-11-7-9-13-10-8-12-15(16(13)14)18-20(4,5)6/h7-12,17-18H,1-6H3. The minimum Gasteiger partial charge on any atom is -0.410 e. The van der Waals surface area contributed by atoms with Crippen molar-refractivity contribution in [3.8, 4) is 0 Å². The molecular formula is C16H26N2Si2. The molecule has 20 heavy (non-hydrogen) atoms. The number of fused-ring (bicyclic) bond motifs is 1. The van der Waals surface area contributed by atoms with E-state index < -0.39 is 16.5 Å². The molecule has 4 heteroatoms. The van der Waals surface area contributed by atoms with Gasteiger partial charge in [-0.05, 0) is 17.5 Å². The van der Waals surface area contributed by atoms with E-state index in [0.717, 1.165) is 0 Å². The molecule has 2 rings (SSSR count). The highest BCUT2D eigenvalue weighted by Crippen LogP contribution is 2.32. The maximum Gasteiger partial charge on any atom is 0.144 e. The van der Waals surface area contributed by atoms with Crippen LogP contribution in [0.25, 0.3) is 10.8 Å². The zero-order valence-corrected chi connectivity index (χ0v) is 15.5. The second-order valence-electron chi connectivity index (χ2n) is 7.46. The number of benzene rings is 2. The van der Waals surface area contributed by atoms with Crippen LogP contribution in [0.3, 0.4) is 0 Å². The van der Waals surface area contributed by atoms with Crippen molar-refractivity contribution in [2.75, 3.05) is 9.96 Å². The summed E-state index contributed by atoms with van der Waals surface area (Å²) in [4.78, 5) is 7.53. The first-order chi connectivity index (χ1) is 9.16. The maximum absolute atomic E-state index is 3.76. The van der Waals surface area contributed by atoms with Crippen LogP contribution in [-0.2, 0) is 0 Å². The van der Waals surface area contributed by atoms with Crippen molar-refractivity contribution in [3.63, 3.8) is 0 Å². The van der Waals surface area contributed by atoms with Crippen LogP contribution in [-0.4, -0.2) is 16.5 Å². The lowest BCUT2D eigenvalue weighted by Crippen LogP contribution is -2.33. The van der Waals surface area contributed by atoms with Crippen LogP contribution in [0.5, 0.6) is 0 Å². The van der Waals surface area contributed by atoms with E-state index in [0.29, 0.717) is 0 Å². The summed E-state index contributed by atoms with van der Waals surface area (Å²) in [5, 5.41) is 2.64. The summed E-state index contributed by atoms with van der Waals surface area (Å²) in [7, 11) is -2.73. The molecule has 0 atom stereocenters. The molecule has 2 N–H and O–H groups in total. The molecule has 0 fully saturated rings. The summed E-state index contributed by atoms with van der Waals surface area (Å²) < 4.78 is 0. The van der Waals surface area contributed by atoms with Gasteiger partial charge in [-0.2, -0.15) is 0 Å². The van der Waals surface area contributed by atoms with Gasteiger partial charge in [0.05, 0.1) is 0 Å². The zero-order valence-electron chi connectivity index (χ0n) is 13.5. The molecule has 2 aromatic rings. The van der Waals surface area contributed by atoms with Gasteiger partial charge in [-0.3, -0.25) is 0 Å². The van der Waals surface area contributed by atoms with Gasteiger partial charge in [0.1, 0.15) is 16.5 Å². The summed E-state index contributed by atoms with van der Waals surface area (Å²) in [5.41, 5.74) is 2.53. The molecule has 0 spiro atoms. The molecule has 0 aliphatic carbocycles. The molecule has 0 aliphatic heterocycles. The molecule has 0 aromatic heterocycles. The van der Waals surface area contributed by atoms with Crippen molar-refractivity contribution in [2.45, 2.75) is 39.3 Å². The second-order valence-corrected chi connectivity index (χ2v) is 17.0. The average molecular weight is 303 g/mol. The van der Waals surface area contributed by atoms with Crippen LogP contribution in [0.15, 0.2) is 36.4 Å². The molecule has 2 nitrogen and oxygen atoms in total. The first-order valence-corrected chi connectivity index (χ1v) is 14.2. The largest absolute Gasteiger partial charge is 0.410 e. The van der Waals surface area contributed by atoms with Crippen molar-refractivity contribution in [1.82, 2.24) is 0 Å². The lowest BCUT2D eigenvalue weighted by atomic mass is 10.1. The monoisotopic (exact) mass is 302 g/mol. The van der Waals surface area contributed by atoms with E-state index in [1.165, 1.54) is 22.1 Å². The summed E-state index contributed by atoms with van der Waals surface area (Å²) in [5.74, 6) is 0. The molecular weight excluding hydrogens is 276 g/mol. The molecule has 0 radical (unpaired) electrons. The average Bonchev–Trinajstić information content (AvgIpc) is 2.25. The van der Waals surface area contributed by atoms with Gasteiger partial charge >= 0.3 is 0 Å². The van der Waals surface area contributed by atoms with E-state index >= 15 is 0 Å². The van der Waals surface area contributed by atoms with E-state index in [4.69, 9.17) is 0 Å². The van der Waals surface area contributed by atoms with Gasteiger partial charge in [-0.1, -0.05) is 63.5 Å². The highest BCUT2D eigenvalue weighted by atomic mass is 28.3. The van der Waals surface area contributed by atoms with Gasteiger partial charge in [-0.25, -0.2) is 0 Å². The van der Waals surface area contributed by atoms with Gasteiger partial charge < -0.3 is 9.96 Å². The number of nitrogens with one attached hydrogen (secondary N) is 2. The Morgan fingerprint density at radius 1 is 0.650 bits per heavy atom. The molecule has 0 saturated carbocycles. The third-order valence-electron chi connectivity index (χ3n) is 2.92. The van der Waals surface area contributed by atoms with E-state index in [1.807, 2.05) is 0 Å². The van der Waals surface area contributed by atoms with E-state index in [9.17, 15) is 0 Å². The highest BCUT2D eigenvalue weighted by Gasteiger charge is 2.18. The van der Waals surface area contributed by atoms with Crippen molar-refractivity contribution in [2.24, 2.45) is 0 Å². The molecule has 0 saturated heterocycles. The SMILES string of the molecule is C[Si](C)(C)Nc1cccc2cccc(N[Si](C)(C)C)c12. The van der Waals surface area contributed by atoms with Crippen LogP contribution < -0.4 is 9.96 Å². The lowest BCUT2D eigenvalue weighted by molar-refractivity contribution is 1.58. The smallest absolute Gasteiger partial charge is 0.144 e. The number of hydrogen-bond donors (Lipinski definition) is 2. The van der Waals surface area contributed by atoms with Gasteiger partial charge in [0.25, 0.3) is 0 Å². The molecule has 0 unspecified atom stereocenters. The molecule has 0 bridgehead atoms. The summed E-state index contributed by atoms with van der Waals surface area (Å²) in [6.07, 6.45) is 0. The van der Waals surface area contributed by atoms with E-state index in [1.54, 1.807) is 0 Å². The maximum atomic E-state index is 3.76. The van der Waals surface area contributed by atoms with E-state index in [-0.39, 0.29) is 0 Å². The Balaban J connectivity index is 2.58.